The van der Waals surface area contributed by atoms with E-state index in [1.54, 1.807) is 24.3 Å². The minimum Gasteiger partial charge on any atom is -0.324 e. The van der Waals surface area contributed by atoms with Gasteiger partial charge in [0.05, 0.1) is 16.5 Å². The summed E-state index contributed by atoms with van der Waals surface area (Å²) in [4.78, 5) is 12.1. The number of hydrogen-bond acceptors (Lipinski definition) is 4. The Bertz CT molecular complexity index is 746. The van der Waals surface area contributed by atoms with Gasteiger partial charge in [0.1, 0.15) is 5.82 Å². The Morgan fingerprint density at radius 2 is 2.17 bits per heavy atom. The summed E-state index contributed by atoms with van der Waals surface area (Å²) in [7, 11) is 0. The highest BCUT2D eigenvalue weighted by Gasteiger charge is 2.16. The van der Waals surface area contributed by atoms with Gasteiger partial charge in [-0.25, -0.2) is 0 Å². The number of hydrogen-bond donors (Lipinski definition) is 1. The average Bonchev–Trinajstić information content (AvgIpc) is 2.91. The predicted octanol–water partition coefficient (Wildman–Crippen LogP) is 4.63. The molecule has 2 rings (SSSR count). The van der Waals surface area contributed by atoms with E-state index in [0.29, 0.717) is 27.4 Å². The van der Waals surface area contributed by atoms with Gasteiger partial charge >= 0.3 is 0 Å². The van der Waals surface area contributed by atoms with E-state index in [1.807, 2.05) is 18.4 Å². The molecule has 2 aromatic rings. The third-order valence-corrected chi connectivity index (χ3v) is 4.63. The molecule has 1 aromatic carbocycles. The van der Waals surface area contributed by atoms with Gasteiger partial charge in [-0.2, -0.15) is 0 Å². The molecule has 0 aliphatic rings. The molecule has 0 saturated carbocycles. The van der Waals surface area contributed by atoms with E-state index in [1.165, 1.54) is 11.8 Å². The summed E-state index contributed by atoms with van der Waals surface area (Å²) in [5.41, 5.74) is 0.530. The smallest absolute Gasteiger partial charge is 0.234 e. The van der Waals surface area contributed by atoms with Gasteiger partial charge < -0.3 is 9.88 Å². The molecule has 128 valence electrons. The summed E-state index contributed by atoms with van der Waals surface area (Å²) >= 11 is 13.2. The lowest BCUT2D eigenvalue weighted by Crippen LogP contribution is -2.15. The number of allylic oxidation sites excluding steroid dienone is 1. The fourth-order valence-corrected chi connectivity index (χ4v) is 3.25. The van der Waals surface area contributed by atoms with E-state index in [2.05, 4.69) is 22.1 Å². The maximum Gasteiger partial charge on any atom is 0.234 e. The van der Waals surface area contributed by atoms with Crippen LogP contribution in [0.3, 0.4) is 0 Å². The third-order valence-electron chi connectivity index (χ3n) is 3.11. The number of nitrogens with one attached hydrogen (secondary N) is 1. The van der Waals surface area contributed by atoms with Crippen LogP contribution in [0, 0.1) is 0 Å². The van der Waals surface area contributed by atoms with Crippen LogP contribution in [0.5, 0.6) is 0 Å². The first kappa shape index (κ1) is 18.8. The van der Waals surface area contributed by atoms with Gasteiger partial charge in [0.25, 0.3) is 0 Å². The van der Waals surface area contributed by atoms with Crippen LogP contribution in [0.25, 0.3) is 0 Å². The molecule has 0 bridgehead atoms. The van der Waals surface area contributed by atoms with Gasteiger partial charge in [-0.3, -0.25) is 4.79 Å². The first-order valence-corrected chi connectivity index (χ1v) is 9.08. The molecular weight excluding hydrogens is 367 g/mol. The van der Waals surface area contributed by atoms with Crippen LogP contribution < -0.4 is 5.32 Å². The summed E-state index contributed by atoms with van der Waals surface area (Å²) < 4.78 is 1.96. The van der Waals surface area contributed by atoms with Crippen molar-refractivity contribution in [2.24, 2.45) is 0 Å². The predicted molar refractivity (Wildman–Crippen MR) is 100 cm³/mol. The molecule has 1 aromatic heterocycles. The molecule has 0 fully saturated rings. The van der Waals surface area contributed by atoms with E-state index in [9.17, 15) is 4.79 Å². The number of anilines is 1. The second kappa shape index (κ2) is 8.55. The van der Waals surface area contributed by atoms with Crippen molar-refractivity contribution in [3.63, 3.8) is 0 Å². The molecule has 0 unspecified atom stereocenters. The highest BCUT2D eigenvalue weighted by atomic mass is 35.5. The standard InChI is InChI=1S/C16H18Cl2N4OS/c1-4-7-22-15(10(2)3)20-21-16(22)24-9-14(23)19-13-6-5-11(17)8-12(13)18/h4-6,8,10H,1,7,9H2,2-3H3,(H,19,23). The van der Waals surface area contributed by atoms with E-state index in [0.717, 1.165) is 5.82 Å². The van der Waals surface area contributed by atoms with Crippen LogP contribution in [0.1, 0.15) is 25.6 Å². The number of rotatable bonds is 7. The third kappa shape index (κ3) is 4.75. The normalized spacial score (nSPS) is 10.9. The van der Waals surface area contributed by atoms with Gasteiger partial charge in [-0.05, 0) is 18.2 Å². The topological polar surface area (TPSA) is 59.8 Å². The van der Waals surface area contributed by atoms with Crippen molar-refractivity contribution >= 4 is 46.6 Å². The SMILES string of the molecule is C=CCn1c(SCC(=O)Nc2ccc(Cl)cc2Cl)nnc1C(C)C. The molecule has 0 aliphatic heterocycles. The number of carbonyl (C=O) groups excluding carboxylic acids is 1. The Hall–Kier alpha value is -1.50. The first-order valence-electron chi connectivity index (χ1n) is 7.34. The van der Waals surface area contributed by atoms with Crippen LogP contribution >= 0.6 is 35.0 Å². The van der Waals surface area contributed by atoms with Gasteiger partial charge in [0, 0.05) is 17.5 Å². The van der Waals surface area contributed by atoms with Crippen molar-refractivity contribution in [2.75, 3.05) is 11.1 Å². The lowest BCUT2D eigenvalue weighted by atomic mass is 10.2. The molecule has 0 aliphatic carbocycles. The monoisotopic (exact) mass is 384 g/mol. The molecular formula is C16H18Cl2N4OS. The molecule has 8 heteroatoms. The lowest BCUT2D eigenvalue weighted by Gasteiger charge is -2.10. The fraction of sp³-hybridized carbons (Fsp3) is 0.312. The summed E-state index contributed by atoms with van der Waals surface area (Å²) in [6.07, 6.45) is 1.78. The summed E-state index contributed by atoms with van der Waals surface area (Å²) in [5.74, 6) is 1.14. The maximum atomic E-state index is 12.1. The Kier molecular flexibility index (Phi) is 6.71. The molecule has 1 amide bonds. The summed E-state index contributed by atoms with van der Waals surface area (Å²) in [6.45, 7) is 8.46. The molecule has 0 atom stereocenters. The Balaban J connectivity index is 2.02. The number of benzene rings is 1. The van der Waals surface area contributed by atoms with Gasteiger partial charge in [-0.15, -0.1) is 16.8 Å². The summed E-state index contributed by atoms with van der Waals surface area (Å²) in [6, 6.07) is 4.93. The number of nitrogens with zero attached hydrogens (tertiary/aromatic N) is 3. The molecule has 5 nitrogen and oxygen atoms in total. The maximum absolute atomic E-state index is 12.1. The van der Waals surface area contributed by atoms with Crippen LogP contribution in [-0.4, -0.2) is 26.4 Å². The average molecular weight is 385 g/mol. The molecule has 1 heterocycles. The minimum atomic E-state index is -0.177. The van der Waals surface area contributed by atoms with E-state index >= 15 is 0 Å². The Morgan fingerprint density at radius 3 is 2.79 bits per heavy atom. The number of carbonyl (C=O) groups is 1. The first-order chi connectivity index (χ1) is 11.4. The quantitative estimate of drug-likeness (QED) is 0.558. The van der Waals surface area contributed by atoms with Crippen LogP contribution in [0.2, 0.25) is 10.0 Å². The van der Waals surface area contributed by atoms with Crippen molar-refractivity contribution in [1.82, 2.24) is 14.8 Å². The number of amides is 1. The fourth-order valence-electron chi connectivity index (χ4n) is 2.04. The zero-order valence-electron chi connectivity index (χ0n) is 13.4. The van der Waals surface area contributed by atoms with Crippen molar-refractivity contribution in [3.05, 3.63) is 46.7 Å². The van der Waals surface area contributed by atoms with Crippen molar-refractivity contribution in [3.8, 4) is 0 Å². The zero-order valence-corrected chi connectivity index (χ0v) is 15.8. The van der Waals surface area contributed by atoms with Gasteiger partial charge in [0.2, 0.25) is 5.91 Å². The Labute approximate surface area is 155 Å². The van der Waals surface area contributed by atoms with Gasteiger partial charge in [0.15, 0.2) is 5.16 Å². The highest BCUT2D eigenvalue weighted by molar-refractivity contribution is 7.99. The van der Waals surface area contributed by atoms with Crippen molar-refractivity contribution in [2.45, 2.75) is 31.5 Å². The Morgan fingerprint density at radius 1 is 1.42 bits per heavy atom. The largest absolute Gasteiger partial charge is 0.324 e. The van der Waals surface area contributed by atoms with Crippen molar-refractivity contribution < 1.29 is 4.79 Å². The minimum absolute atomic E-state index is 0.177. The second-order valence-corrected chi connectivity index (χ2v) is 7.14. The van der Waals surface area contributed by atoms with E-state index in [-0.39, 0.29) is 17.6 Å². The lowest BCUT2D eigenvalue weighted by molar-refractivity contribution is -0.113. The summed E-state index contributed by atoms with van der Waals surface area (Å²) in [5, 5.41) is 12.7. The van der Waals surface area contributed by atoms with E-state index in [4.69, 9.17) is 23.2 Å². The van der Waals surface area contributed by atoms with E-state index < -0.39 is 0 Å². The van der Waals surface area contributed by atoms with Crippen LogP contribution in [-0.2, 0) is 11.3 Å². The molecule has 0 saturated heterocycles. The zero-order chi connectivity index (χ0) is 17.7. The van der Waals surface area contributed by atoms with Crippen molar-refractivity contribution in [1.29, 1.82) is 0 Å². The number of halogens is 2. The molecule has 0 spiro atoms. The molecule has 1 N–H and O–H groups in total. The second-order valence-electron chi connectivity index (χ2n) is 5.36. The molecule has 24 heavy (non-hydrogen) atoms. The van der Waals surface area contributed by atoms with Crippen LogP contribution in [0.15, 0.2) is 36.0 Å². The molecule has 0 radical (unpaired) electrons. The number of aromatic nitrogens is 3. The number of thioether (sulfide) groups is 1. The van der Waals surface area contributed by atoms with Crippen LogP contribution in [0.4, 0.5) is 5.69 Å². The van der Waals surface area contributed by atoms with Gasteiger partial charge in [-0.1, -0.05) is 54.9 Å². The highest BCUT2D eigenvalue weighted by Crippen LogP contribution is 2.26.